The first kappa shape index (κ1) is 25.7. The highest BCUT2D eigenvalue weighted by Gasteiger charge is 2.40. The van der Waals surface area contributed by atoms with Crippen LogP contribution in [0.25, 0.3) is 0 Å². The van der Waals surface area contributed by atoms with E-state index in [2.05, 4.69) is 33.4 Å². The predicted octanol–water partition coefficient (Wildman–Crippen LogP) is 7.53. The summed E-state index contributed by atoms with van der Waals surface area (Å²) in [7, 11) is 0. The molecule has 0 aliphatic heterocycles. The van der Waals surface area contributed by atoms with Crippen molar-refractivity contribution in [1.82, 2.24) is 10.6 Å². The molecule has 0 aromatic heterocycles. The van der Waals surface area contributed by atoms with Crippen LogP contribution < -0.4 is 21.3 Å². The molecule has 0 radical (unpaired) electrons. The molecule has 37 heavy (non-hydrogen) atoms. The maximum absolute atomic E-state index is 6.62. The predicted molar refractivity (Wildman–Crippen MR) is 163 cm³/mol. The van der Waals surface area contributed by atoms with Gasteiger partial charge in [-0.1, -0.05) is 48.2 Å². The molecule has 6 unspecified atom stereocenters. The zero-order valence-electron chi connectivity index (χ0n) is 20.9. The van der Waals surface area contributed by atoms with Gasteiger partial charge in [-0.3, -0.25) is 0 Å². The molecule has 2 aromatic rings. The molecule has 4 nitrogen and oxygen atoms in total. The van der Waals surface area contributed by atoms with Crippen LogP contribution in [-0.2, 0) is 6.42 Å². The summed E-state index contributed by atoms with van der Waals surface area (Å²) in [5.74, 6) is 3.30. The first-order chi connectivity index (χ1) is 17.9. The van der Waals surface area contributed by atoms with Crippen LogP contribution in [0, 0.1) is 23.7 Å². The third-order valence-corrected chi connectivity index (χ3v) is 10.1. The second-order valence-electron chi connectivity index (χ2n) is 11.6. The molecule has 4 fully saturated rings. The zero-order chi connectivity index (χ0) is 25.5. The van der Waals surface area contributed by atoms with E-state index in [0.29, 0.717) is 32.4 Å². The van der Waals surface area contributed by atoms with Crippen LogP contribution in [0.15, 0.2) is 36.4 Å². The molecule has 8 heteroatoms. The molecule has 2 aromatic carbocycles. The lowest BCUT2D eigenvalue weighted by atomic mass is 9.95. The van der Waals surface area contributed by atoms with E-state index in [1.165, 1.54) is 51.4 Å². The van der Waals surface area contributed by atoms with E-state index < -0.39 is 0 Å². The van der Waals surface area contributed by atoms with E-state index in [0.717, 1.165) is 52.6 Å². The smallest absolute Gasteiger partial charge is 0.171 e. The number of rotatable bonds is 6. The third kappa shape index (κ3) is 5.88. The van der Waals surface area contributed by atoms with Gasteiger partial charge < -0.3 is 21.3 Å². The molecule has 4 aliphatic carbocycles. The highest BCUT2D eigenvalue weighted by atomic mass is 35.5. The maximum Gasteiger partial charge on any atom is 0.171 e. The fourth-order valence-corrected chi connectivity index (χ4v) is 8.30. The summed E-state index contributed by atoms with van der Waals surface area (Å²) in [5.41, 5.74) is 3.90. The number of nitrogens with one attached hydrogen (secondary N) is 4. The van der Waals surface area contributed by atoms with Gasteiger partial charge in [-0.15, -0.1) is 0 Å². The van der Waals surface area contributed by atoms with Crippen molar-refractivity contribution in [3.8, 4) is 0 Å². The zero-order valence-corrected chi connectivity index (χ0v) is 24.0. The minimum absolute atomic E-state index is 0.502. The summed E-state index contributed by atoms with van der Waals surface area (Å²) in [4.78, 5) is 0. The van der Waals surface area contributed by atoms with Crippen molar-refractivity contribution in [2.45, 2.75) is 69.9 Å². The Balaban J connectivity index is 1.02. The van der Waals surface area contributed by atoms with E-state index in [1.54, 1.807) is 0 Å². The quantitative estimate of drug-likeness (QED) is 0.268. The molecule has 0 heterocycles. The van der Waals surface area contributed by atoms with Crippen LogP contribution in [0.1, 0.15) is 62.5 Å². The minimum atomic E-state index is 0.502. The van der Waals surface area contributed by atoms with Crippen molar-refractivity contribution in [1.29, 1.82) is 0 Å². The summed E-state index contributed by atoms with van der Waals surface area (Å²) in [6.07, 6.45) is 11.3. The average molecular weight is 574 g/mol. The van der Waals surface area contributed by atoms with Crippen molar-refractivity contribution >= 4 is 69.2 Å². The lowest BCUT2D eigenvalue weighted by molar-refractivity contribution is 0.392. The van der Waals surface area contributed by atoms with Crippen LogP contribution in [0.5, 0.6) is 0 Å². The molecule has 6 rings (SSSR count). The summed E-state index contributed by atoms with van der Waals surface area (Å²) in [5, 5.41) is 16.3. The van der Waals surface area contributed by atoms with Crippen molar-refractivity contribution in [2.24, 2.45) is 23.7 Å². The van der Waals surface area contributed by atoms with E-state index in [-0.39, 0.29) is 0 Å². The first-order valence-electron chi connectivity index (χ1n) is 13.6. The molecule has 0 amide bonds. The molecule has 4 N–H and O–H groups in total. The number of benzene rings is 2. The van der Waals surface area contributed by atoms with Gasteiger partial charge in [0, 0.05) is 12.1 Å². The average Bonchev–Trinajstić information content (AvgIpc) is 3.65. The summed E-state index contributed by atoms with van der Waals surface area (Å²) >= 11 is 24.4. The van der Waals surface area contributed by atoms with E-state index in [9.17, 15) is 0 Å². The van der Waals surface area contributed by atoms with Crippen LogP contribution in [0.3, 0.4) is 0 Å². The van der Waals surface area contributed by atoms with Gasteiger partial charge in [0.1, 0.15) is 0 Å². The van der Waals surface area contributed by atoms with Gasteiger partial charge in [-0.2, -0.15) is 0 Å². The number of halogens is 2. The van der Waals surface area contributed by atoms with Crippen LogP contribution >= 0.6 is 47.6 Å². The molecule has 4 aliphatic rings. The normalized spacial score (nSPS) is 29.4. The SMILES string of the molecule is S=C(Nc1ccc(Cc2ccc(NC(=S)NC3CC4CCC3C4)c(Cl)c2)cc1Cl)NC1CC2CCC1C2. The molecular weight excluding hydrogens is 539 g/mol. The van der Waals surface area contributed by atoms with Gasteiger partial charge in [-0.05, 0) is 128 Å². The molecular formula is C29H34Cl2N4S2. The minimum Gasteiger partial charge on any atom is -0.359 e. The molecule has 6 atom stereocenters. The van der Waals surface area contributed by atoms with Crippen LogP contribution in [0.2, 0.25) is 10.0 Å². The third-order valence-electron chi connectivity index (χ3n) is 9.08. The second kappa shape index (κ2) is 10.9. The fourth-order valence-electron chi connectivity index (χ4n) is 7.27. The Hall–Kier alpha value is -1.60. The van der Waals surface area contributed by atoms with Gasteiger partial charge in [0.2, 0.25) is 0 Å². The Morgan fingerprint density at radius 3 is 1.49 bits per heavy atom. The summed E-state index contributed by atoms with van der Waals surface area (Å²) in [6, 6.07) is 13.2. The van der Waals surface area contributed by atoms with Crippen LogP contribution in [0.4, 0.5) is 11.4 Å². The Morgan fingerprint density at radius 1 is 0.676 bits per heavy atom. The van der Waals surface area contributed by atoms with Crippen molar-refractivity contribution in [3.05, 3.63) is 57.6 Å². The lowest BCUT2D eigenvalue weighted by Gasteiger charge is -2.25. The maximum atomic E-state index is 6.62. The topological polar surface area (TPSA) is 48.1 Å². The molecule has 0 spiro atoms. The number of thiocarbonyl (C=S) groups is 2. The first-order valence-corrected chi connectivity index (χ1v) is 15.2. The molecule has 0 saturated heterocycles. The largest absolute Gasteiger partial charge is 0.359 e. The van der Waals surface area contributed by atoms with Gasteiger partial charge in [0.25, 0.3) is 0 Å². The molecule has 196 valence electrons. The summed E-state index contributed by atoms with van der Waals surface area (Å²) < 4.78 is 0. The van der Waals surface area contributed by atoms with Crippen molar-refractivity contribution in [2.75, 3.05) is 10.6 Å². The number of hydrogen-bond acceptors (Lipinski definition) is 2. The van der Waals surface area contributed by atoms with Crippen molar-refractivity contribution < 1.29 is 0 Å². The Labute approximate surface area is 240 Å². The molecule has 4 bridgehead atoms. The van der Waals surface area contributed by atoms with E-state index in [1.807, 2.05) is 24.3 Å². The van der Waals surface area contributed by atoms with Gasteiger partial charge in [0.15, 0.2) is 10.2 Å². The summed E-state index contributed by atoms with van der Waals surface area (Å²) in [6.45, 7) is 0. The monoisotopic (exact) mass is 572 g/mol. The molecule has 4 saturated carbocycles. The van der Waals surface area contributed by atoms with E-state index in [4.69, 9.17) is 47.6 Å². The lowest BCUT2D eigenvalue weighted by Crippen LogP contribution is -2.40. The number of hydrogen-bond donors (Lipinski definition) is 4. The van der Waals surface area contributed by atoms with E-state index >= 15 is 0 Å². The number of anilines is 2. The van der Waals surface area contributed by atoms with Gasteiger partial charge >= 0.3 is 0 Å². The van der Waals surface area contributed by atoms with Gasteiger partial charge in [0.05, 0.1) is 21.4 Å². The standard InChI is InChI=1S/C29H34Cl2N4S2/c30-22-12-16(3-7-24(22)32-28(36)34-26-14-18-1-5-20(26)10-18)9-17-4-8-25(23(31)13-17)33-29(37)35-27-15-19-2-6-21(27)11-19/h3-4,7-8,12-13,18-21,26-27H,1-2,5-6,9-11,14-15H2,(H2,32,34,36)(H2,33,35,37). The van der Waals surface area contributed by atoms with Crippen molar-refractivity contribution in [3.63, 3.8) is 0 Å². The Bertz CT molecular complexity index is 1110. The van der Waals surface area contributed by atoms with Gasteiger partial charge in [-0.25, -0.2) is 0 Å². The number of fused-ring (bicyclic) bond motifs is 4. The second-order valence-corrected chi connectivity index (χ2v) is 13.2. The fraction of sp³-hybridized carbons (Fsp3) is 0.517. The highest BCUT2D eigenvalue weighted by molar-refractivity contribution is 7.80. The highest BCUT2D eigenvalue weighted by Crippen LogP contribution is 2.45. The van der Waals surface area contributed by atoms with Crippen LogP contribution in [-0.4, -0.2) is 22.3 Å². The Morgan fingerprint density at radius 2 is 1.14 bits per heavy atom. The Kier molecular flexibility index (Phi) is 7.54.